The first-order valence-corrected chi connectivity index (χ1v) is 7.28. The molecule has 0 aliphatic heterocycles. The Bertz CT molecular complexity index is 550. The van der Waals surface area contributed by atoms with Crippen molar-refractivity contribution in [1.29, 1.82) is 0 Å². The summed E-state index contributed by atoms with van der Waals surface area (Å²) in [4.78, 5) is 4.40. The van der Waals surface area contributed by atoms with Crippen LogP contribution in [-0.4, -0.2) is 33.9 Å². The van der Waals surface area contributed by atoms with E-state index in [4.69, 9.17) is 4.74 Å². The van der Waals surface area contributed by atoms with Crippen LogP contribution in [0.3, 0.4) is 0 Å². The number of ether oxygens (including phenoxy) is 1. The van der Waals surface area contributed by atoms with Crippen molar-refractivity contribution in [3.63, 3.8) is 0 Å². The summed E-state index contributed by atoms with van der Waals surface area (Å²) in [6.07, 6.45) is 4.90. The summed E-state index contributed by atoms with van der Waals surface area (Å²) < 4.78 is 7.61. The van der Waals surface area contributed by atoms with Crippen LogP contribution in [0.2, 0.25) is 0 Å². The lowest BCUT2D eigenvalue weighted by atomic mass is 10.0. The third-order valence-electron chi connectivity index (χ3n) is 3.36. The molecule has 0 radical (unpaired) electrons. The van der Waals surface area contributed by atoms with E-state index in [1.54, 1.807) is 6.20 Å². The molecule has 2 aromatic rings. The molecule has 0 aliphatic carbocycles. The fraction of sp³-hybridized carbons (Fsp3) is 0.600. The molecule has 2 aromatic heterocycles. The first-order valence-electron chi connectivity index (χ1n) is 7.28. The predicted molar refractivity (Wildman–Crippen MR) is 81.1 cm³/mol. The standard InChI is InChI=1S/C15H24N4O/c1-5-20-14(11(2)3)6-7-16-15-13-10-12(4)18-19(13)9-8-17-15/h8-11,14H,5-7H2,1-4H3,(H,16,17). The van der Waals surface area contributed by atoms with Crippen molar-refractivity contribution >= 4 is 11.3 Å². The molecule has 0 saturated carbocycles. The molecule has 0 saturated heterocycles. The lowest BCUT2D eigenvalue weighted by molar-refractivity contribution is 0.0272. The molecule has 20 heavy (non-hydrogen) atoms. The molecule has 0 aromatic carbocycles. The number of nitrogens with zero attached hydrogens (tertiary/aromatic N) is 3. The van der Waals surface area contributed by atoms with Gasteiger partial charge in [-0.2, -0.15) is 5.10 Å². The van der Waals surface area contributed by atoms with Gasteiger partial charge in [-0.05, 0) is 32.3 Å². The maximum absolute atomic E-state index is 5.75. The Morgan fingerprint density at radius 2 is 2.20 bits per heavy atom. The SMILES string of the molecule is CCOC(CCNc1nccn2nc(C)cc12)C(C)C. The van der Waals surface area contributed by atoms with Crippen molar-refractivity contribution in [1.82, 2.24) is 14.6 Å². The summed E-state index contributed by atoms with van der Waals surface area (Å²) >= 11 is 0. The third-order valence-corrected chi connectivity index (χ3v) is 3.36. The van der Waals surface area contributed by atoms with Gasteiger partial charge in [0.05, 0.1) is 11.8 Å². The van der Waals surface area contributed by atoms with Gasteiger partial charge in [0.25, 0.3) is 0 Å². The molecule has 2 heterocycles. The number of aryl methyl sites for hydroxylation is 1. The Balaban J connectivity index is 1.98. The van der Waals surface area contributed by atoms with Gasteiger partial charge in [0, 0.05) is 25.5 Å². The number of aromatic nitrogens is 3. The van der Waals surface area contributed by atoms with Gasteiger partial charge in [-0.3, -0.25) is 0 Å². The summed E-state index contributed by atoms with van der Waals surface area (Å²) in [5.74, 6) is 1.41. The molecule has 0 aliphatic rings. The fourth-order valence-corrected chi connectivity index (χ4v) is 2.34. The quantitative estimate of drug-likeness (QED) is 0.845. The van der Waals surface area contributed by atoms with Crippen molar-refractivity contribution in [3.05, 3.63) is 24.2 Å². The first kappa shape index (κ1) is 14.8. The zero-order valence-electron chi connectivity index (χ0n) is 12.8. The summed E-state index contributed by atoms with van der Waals surface area (Å²) in [5, 5.41) is 7.78. The van der Waals surface area contributed by atoms with Crippen molar-refractivity contribution in [2.75, 3.05) is 18.5 Å². The molecular weight excluding hydrogens is 252 g/mol. The predicted octanol–water partition coefficient (Wildman–Crippen LogP) is 2.90. The van der Waals surface area contributed by atoms with Crippen LogP contribution < -0.4 is 5.32 Å². The lowest BCUT2D eigenvalue weighted by Crippen LogP contribution is -2.23. The van der Waals surface area contributed by atoms with E-state index in [0.29, 0.717) is 12.0 Å². The maximum Gasteiger partial charge on any atom is 0.152 e. The minimum atomic E-state index is 0.291. The van der Waals surface area contributed by atoms with Crippen LogP contribution in [0.5, 0.6) is 0 Å². The Morgan fingerprint density at radius 1 is 1.40 bits per heavy atom. The van der Waals surface area contributed by atoms with E-state index in [-0.39, 0.29) is 0 Å². The van der Waals surface area contributed by atoms with E-state index < -0.39 is 0 Å². The number of nitrogens with one attached hydrogen (secondary N) is 1. The molecule has 1 atom stereocenters. The number of anilines is 1. The second-order valence-corrected chi connectivity index (χ2v) is 5.34. The highest BCUT2D eigenvalue weighted by Gasteiger charge is 2.13. The van der Waals surface area contributed by atoms with Crippen molar-refractivity contribution in [2.45, 2.75) is 40.2 Å². The zero-order valence-corrected chi connectivity index (χ0v) is 12.8. The molecule has 0 bridgehead atoms. The second kappa shape index (κ2) is 6.70. The number of fused-ring (bicyclic) bond motifs is 1. The van der Waals surface area contributed by atoms with E-state index >= 15 is 0 Å². The van der Waals surface area contributed by atoms with E-state index in [1.807, 2.05) is 30.6 Å². The highest BCUT2D eigenvalue weighted by atomic mass is 16.5. The maximum atomic E-state index is 5.75. The van der Waals surface area contributed by atoms with E-state index in [9.17, 15) is 0 Å². The van der Waals surface area contributed by atoms with Crippen LogP contribution in [0.15, 0.2) is 18.5 Å². The van der Waals surface area contributed by atoms with Gasteiger partial charge in [-0.15, -0.1) is 0 Å². The van der Waals surface area contributed by atoms with Crippen LogP contribution in [0.4, 0.5) is 5.82 Å². The van der Waals surface area contributed by atoms with Gasteiger partial charge in [-0.25, -0.2) is 9.50 Å². The molecule has 0 fully saturated rings. The van der Waals surface area contributed by atoms with Gasteiger partial charge >= 0.3 is 0 Å². The Hall–Kier alpha value is -1.62. The third kappa shape index (κ3) is 3.48. The van der Waals surface area contributed by atoms with Crippen LogP contribution >= 0.6 is 0 Å². The monoisotopic (exact) mass is 276 g/mol. The summed E-state index contributed by atoms with van der Waals surface area (Å²) in [6, 6.07) is 2.04. The number of hydrogen-bond acceptors (Lipinski definition) is 4. The molecule has 1 unspecified atom stereocenters. The van der Waals surface area contributed by atoms with Gasteiger partial charge in [0.1, 0.15) is 5.52 Å². The smallest absolute Gasteiger partial charge is 0.152 e. The molecule has 0 spiro atoms. The van der Waals surface area contributed by atoms with Gasteiger partial charge in [0.15, 0.2) is 5.82 Å². The number of rotatable bonds is 7. The lowest BCUT2D eigenvalue weighted by Gasteiger charge is -2.21. The van der Waals surface area contributed by atoms with Gasteiger partial charge < -0.3 is 10.1 Å². The van der Waals surface area contributed by atoms with Crippen LogP contribution in [0.25, 0.3) is 5.52 Å². The largest absolute Gasteiger partial charge is 0.378 e. The Morgan fingerprint density at radius 3 is 2.90 bits per heavy atom. The van der Waals surface area contributed by atoms with Crippen LogP contribution in [-0.2, 0) is 4.74 Å². The molecular formula is C15H24N4O. The van der Waals surface area contributed by atoms with E-state index in [0.717, 1.165) is 36.6 Å². The Labute approximate surface area is 120 Å². The highest BCUT2D eigenvalue weighted by molar-refractivity contribution is 5.67. The average molecular weight is 276 g/mol. The normalized spacial score (nSPS) is 13.1. The van der Waals surface area contributed by atoms with Gasteiger partial charge in [0.2, 0.25) is 0 Å². The van der Waals surface area contributed by atoms with E-state index in [2.05, 4.69) is 29.2 Å². The summed E-state index contributed by atoms with van der Waals surface area (Å²) in [7, 11) is 0. The molecule has 0 amide bonds. The number of hydrogen-bond donors (Lipinski definition) is 1. The second-order valence-electron chi connectivity index (χ2n) is 5.34. The average Bonchev–Trinajstić information content (AvgIpc) is 2.78. The zero-order chi connectivity index (χ0) is 14.5. The first-order chi connectivity index (χ1) is 9.61. The summed E-state index contributed by atoms with van der Waals surface area (Å²) in [6.45, 7) is 10.0. The van der Waals surface area contributed by atoms with Gasteiger partial charge in [-0.1, -0.05) is 13.8 Å². The minimum Gasteiger partial charge on any atom is -0.378 e. The molecule has 110 valence electrons. The van der Waals surface area contributed by atoms with Crippen molar-refractivity contribution < 1.29 is 4.74 Å². The van der Waals surface area contributed by atoms with Crippen LogP contribution in [0, 0.1) is 12.8 Å². The van der Waals surface area contributed by atoms with Crippen molar-refractivity contribution in [3.8, 4) is 0 Å². The van der Waals surface area contributed by atoms with E-state index in [1.165, 1.54) is 0 Å². The molecule has 5 nitrogen and oxygen atoms in total. The Kier molecular flexibility index (Phi) is 4.95. The van der Waals surface area contributed by atoms with Crippen LogP contribution in [0.1, 0.15) is 32.9 Å². The molecule has 2 rings (SSSR count). The minimum absolute atomic E-state index is 0.291. The highest BCUT2D eigenvalue weighted by Crippen LogP contribution is 2.16. The molecule has 5 heteroatoms. The molecule has 1 N–H and O–H groups in total. The summed E-state index contributed by atoms with van der Waals surface area (Å²) in [5.41, 5.74) is 2.01. The topological polar surface area (TPSA) is 51.5 Å². The van der Waals surface area contributed by atoms with Crippen molar-refractivity contribution in [2.24, 2.45) is 5.92 Å². The fourth-order valence-electron chi connectivity index (χ4n) is 2.34.